The lowest BCUT2D eigenvalue weighted by atomic mass is 10.6. The minimum Gasteiger partial charge on any atom is -0.477 e. The van der Waals surface area contributed by atoms with Gasteiger partial charge >= 0.3 is 6.02 Å². The first kappa shape index (κ1) is 16.7. The van der Waals surface area contributed by atoms with Gasteiger partial charge in [-0.2, -0.15) is 9.98 Å². The third-order valence-electron chi connectivity index (χ3n) is 1.58. The Morgan fingerprint density at radius 2 is 1.42 bits per heavy atom. The number of amidine groups is 1. The monoisotopic (exact) mass is 264 g/mol. The average molecular weight is 264 g/mol. The molecular weight excluding hydrogens is 244 g/mol. The Hall–Kier alpha value is -2.30. The molecule has 0 aromatic heterocycles. The van der Waals surface area contributed by atoms with Crippen LogP contribution < -0.4 is 0 Å². The van der Waals surface area contributed by atoms with Crippen LogP contribution in [0.25, 0.3) is 0 Å². The van der Waals surface area contributed by atoms with E-state index in [1.165, 1.54) is 0 Å². The van der Waals surface area contributed by atoms with E-state index in [-0.39, 0.29) is 18.5 Å². The van der Waals surface area contributed by atoms with Crippen molar-refractivity contribution in [2.45, 2.75) is 6.92 Å². The number of aliphatic imine (C=N–C) groups is 2. The van der Waals surface area contributed by atoms with Crippen molar-refractivity contribution < 1.29 is 14.2 Å². The summed E-state index contributed by atoms with van der Waals surface area (Å²) in [6.45, 7) is 16.9. The molecule has 0 radical (unpaired) electrons. The van der Waals surface area contributed by atoms with Crippen molar-refractivity contribution in [2.75, 3.05) is 19.8 Å². The van der Waals surface area contributed by atoms with Gasteiger partial charge in [0.05, 0.1) is 0 Å². The molecule has 0 aliphatic heterocycles. The highest BCUT2D eigenvalue weighted by Crippen LogP contribution is 2.00. The molecule has 0 atom stereocenters. The van der Waals surface area contributed by atoms with Gasteiger partial charge in [-0.1, -0.05) is 38.0 Å². The van der Waals surface area contributed by atoms with Crippen LogP contribution in [0, 0.1) is 0 Å². The Morgan fingerprint density at radius 3 is 2.00 bits per heavy atom. The fourth-order valence-electron chi connectivity index (χ4n) is 0.864. The second kappa shape index (κ2) is 10.8. The SMILES string of the molecule is C=CCOC(=C)/N=C(\N=C(/C)OCC=C)OCC=C. The maximum absolute atomic E-state index is 5.26. The maximum atomic E-state index is 5.26. The molecule has 0 rings (SSSR count). The van der Waals surface area contributed by atoms with Crippen molar-refractivity contribution in [3.63, 3.8) is 0 Å². The minimum atomic E-state index is 0.0931. The Labute approximate surface area is 114 Å². The standard InChI is InChI=1S/C14H20N2O3/c1-6-9-17-12(4)15-14(19-11-8-3)16-13(5)18-10-7-2/h6-8H,1-4,9-11H2,5H3/b15-14+,16-13+. The molecule has 0 aliphatic carbocycles. The van der Waals surface area contributed by atoms with Gasteiger partial charge in [0.1, 0.15) is 19.8 Å². The summed E-state index contributed by atoms with van der Waals surface area (Å²) >= 11 is 0. The number of rotatable bonds is 8. The van der Waals surface area contributed by atoms with Gasteiger partial charge in [-0.05, 0) is 6.58 Å². The van der Waals surface area contributed by atoms with Gasteiger partial charge < -0.3 is 14.2 Å². The lowest BCUT2D eigenvalue weighted by Gasteiger charge is -2.06. The summed E-state index contributed by atoms with van der Waals surface area (Å²) in [5, 5.41) is 0. The molecule has 0 N–H and O–H groups in total. The smallest absolute Gasteiger partial charge is 0.323 e. The Morgan fingerprint density at radius 1 is 0.895 bits per heavy atom. The number of hydrogen-bond acceptors (Lipinski definition) is 4. The van der Waals surface area contributed by atoms with Crippen LogP contribution in [0.3, 0.4) is 0 Å². The van der Waals surface area contributed by atoms with E-state index in [1.807, 2.05) is 0 Å². The largest absolute Gasteiger partial charge is 0.477 e. The second-order valence-electron chi connectivity index (χ2n) is 3.22. The Kier molecular flexibility index (Phi) is 9.52. The fourth-order valence-corrected chi connectivity index (χ4v) is 0.864. The van der Waals surface area contributed by atoms with Gasteiger partial charge in [0, 0.05) is 6.92 Å². The molecule has 0 bridgehead atoms. The molecule has 0 aromatic carbocycles. The van der Waals surface area contributed by atoms with Crippen LogP contribution in [0.1, 0.15) is 6.92 Å². The quantitative estimate of drug-likeness (QED) is 0.293. The fraction of sp³-hybridized carbons (Fsp3) is 0.286. The van der Waals surface area contributed by atoms with Crippen LogP contribution in [0.5, 0.6) is 0 Å². The molecule has 104 valence electrons. The van der Waals surface area contributed by atoms with Gasteiger partial charge in [-0.25, -0.2) is 0 Å². The summed E-state index contributed by atoms with van der Waals surface area (Å²) < 4.78 is 15.6. The van der Waals surface area contributed by atoms with Crippen LogP contribution >= 0.6 is 0 Å². The molecule has 0 saturated heterocycles. The van der Waals surface area contributed by atoms with Crippen LogP contribution in [0.2, 0.25) is 0 Å². The lowest BCUT2D eigenvalue weighted by Crippen LogP contribution is -2.09. The summed E-state index contributed by atoms with van der Waals surface area (Å²) in [7, 11) is 0. The highest BCUT2D eigenvalue weighted by atomic mass is 16.5. The topological polar surface area (TPSA) is 52.4 Å². The maximum Gasteiger partial charge on any atom is 0.323 e. The van der Waals surface area contributed by atoms with Crippen molar-refractivity contribution in [3.05, 3.63) is 50.4 Å². The molecule has 19 heavy (non-hydrogen) atoms. The first-order valence-electron chi connectivity index (χ1n) is 5.68. The molecule has 5 heteroatoms. The van der Waals surface area contributed by atoms with Crippen LogP contribution in [0.15, 0.2) is 60.4 Å². The number of ether oxygens (including phenoxy) is 3. The summed E-state index contributed by atoms with van der Waals surface area (Å²) in [6.07, 6.45) is 4.79. The van der Waals surface area contributed by atoms with Gasteiger partial charge in [0.2, 0.25) is 5.88 Å². The molecule has 0 heterocycles. The third kappa shape index (κ3) is 9.41. The van der Waals surface area contributed by atoms with E-state index in [9.17, 15) is 0 Å². The van der Waals surface area contributed by atoms with Crippen molar-refractivity contribution in [1.29, 1.82) is 0 Å². The van der Waals surface area contributed by atoms with E-state index in [4.69, 9.17) is 14.2 Å². The zero-order chi connectivity index (χ0) is 14.5. The van der Waals surface area contributed by atoms with Crippen LogP contribution in [0.4, 0.5) is 0 Å². The van der Waals surface area contributed by atoms with Gasteiger partial charge in [-0.3, -0.25) is 0 Å². The second-order valence-corrected chi connectivity index (χ2v) is 3.22. The Balaban J connectivity index is 4.72. The van der Waals surface area contributed by atoms with Crippen molar-refractivity contribution in [2.24, 2.45) is 9.98 Å². The van der Waals surface area contributed by atoms with E-state index >= 15 is 0 Å². The van der Waals surface area contributed by atoms with E-state index < -0.39 is 0 Å². The van der Waals surface area contributed by atoms with Crippen molar-refractivity contribution in [1.82, 2.24) is 0 Å². The van der Waals surface area contributed by atoms with E-state index in [2.05, 4.69) is 36.3 Å². The zero-order valence-electron chi connectivity index (χ0n) is 11.3. The zero-order valence-corrected chi connectivity index (χ0v) is 11.3. The molecule has 0 saturated carbocycles. The molecule has 0 aliphatic rings. The van der Waals surface area contributed by atoms with Crippen molar-refractivity contribution >= 4 is 11.9 Å². The highest BCUT2D eigenvalue weighted by Gasteiger charge is 2.02. The van der Waals surface area contributed by atoms with Gasteiger partial charge in [-0.15, -0.1) is 0 Å². The molecule has 0 unspecified atom stereocenters. The molecule has 0 spiro atoms. The highest BCUT2D eigenvalue weighted by molar-refractivity contribution is 5.89. The summed E-state index contributed by atoms with van der Waals surface area (Å²) in [5.41, 5.74) is 0. The Bertz CT molecular complexity index is 384. The molecule has 0 amide bonds. The van der Waals surface area contributed by atoms with Crippen molar-refractivity contribution in [3.8, 4) is 0 Å². The van der Waals surface area contributed by atoms with E-state index in [0.717, 1.165) is 0 Å². The predicted molar refractivity (Wildman–Crippen MR) is 78.1 cm³/mol. The van der Waals surface area contributed by atoms with E-state index in [0.29, 0.717) is 19.1 Å². The number of hydrogen-bond donors (Lipinski definition) is 0. The first-order chi connectivity index (χ1) is 9.13. The number of nitrogens with zero attached hydrogens (tertiary/aromatic N) is 2. The predicted octanol–water partition coefficient (Wildman–Crippen LogP) is 2.84. The first-order valence-corrected chi connectivity index (χ1v) is 5.68. The van der Waals surface area contributed by atoms with Gasteiger partial charge in [0.25, 0.3) is 0 Å². The average Bonchev–Trinajstić information content (AvgIpc) is 2.40. The van der Waals surface area contributed by atoms with Crippen LogP contribution in [-0.2, 0) is 14.2 Å². The molecule has 0 fully saturated rings. The summed E-state index contributed by atoms with van der Waals surface area (Å²) in [4.78, 5) is 8.05. The minimum absolute atomic E-state index is 0.0931. The third-order valence-corrected chi connectivity index (χ3v) is 1.58. The van der Waals surface area contributed by atoms with E-state index in [1.54, 1.807) is 25.2 Å². The summed E-state index contributed by atoms with van der Waals surface area (Å²) in [5.74, 6) is 0.582. The lowest BCUT2D eigenvalue weighted by molar-refractivity contribution is 0.243. The normalized spacial score (nSPS) is 11.4. The van der Waals surface area contributed by atoms with Crippen LogP contribution in [-0.4, -0.2) is 31.7 Å². The molecule has 5 nitrogen and oxygen atoms in total. The van der Waals surface area contributed by atoms with Gasteiger partial charge in [0.15, 0.2) is 5.90 Å². The summed E-state index contributed by atoms with van der Waals surface area (Å²) in [6, 6.07) is 0.0931. The molecular formula is C14H20N2O3. The molecule has 0 aromatic rings.